The summed E-state index contributed by atoms with van der Waals surface area (Å²) in [5.41, 5.74) is 4.55. The van der Waals surface area contributed by atoms with Crippen LogP contribution in [0.3, 0.4) is 0 Å². The summed E-state index contributed by atoms with van der Waals surface area (Å²) >= 11 is 0. The molecule has 0 saturated heterocycles. The SMILES string of the molecule is Cc1cccc(C(O)CNCc2ccc(N(C)C)cc2)c1. The summed E-state index contributed by atoms with van der Waals surface area (Å²) in [4.78, 5) is 2.08. The van der Waals surface area contributed by atoms with Crippen molar-refractivity contribution in [3.05, 3.63) is 65.2 Å². The minimum Gasteiger partial charge on any atom is -0.387 e. The van der Waals surface area contributed by atoms with Gasteiger partial charge in [0.25, 0.3) is 0 Å². The summed E-state index contributed by atoms with van der Waals surface area (Å²) < 4.78 is 0. The Morgan fingerprint density at radius 1 is 1.10 bits per heavy atom. The van der Waals surface area contributed by atoms with Crippen LogP contribution in [0.15, 0.2) is 48.5 Å². The maximum absolute atomic E-state index is 10.2. The lowest BCUT2D eigenvalue weighted by molar-refractivity contribution is 0.174. The van der Waals surface area contributed by atoms with Crippen molar-refractivity contribution in [2.45, 2.75) is 19.6 Å². The Hall–Kier alpha value is -1.84. The molecule has 3 heteroatoms. The van der Waals surface area contributed by atoms with Gasteiger partial charge in [-0.15, -0.1) is 0 Å². The van der Waals surface area contributed by atoms with E-state index in [-0.39, 0.29) is 0 Å². The first kappa shape index (κ1) is 15.5. The van der Waals surface area contributed by atoms with E-state index in [4.69, 9.17) is 0 Å². The Bertz CT molecular complexity index is 564. The van der Waals surface area contributed by atoms with Crippen molar-refractivity contribution in [1.82, 2.24) is 5.32 Å². The fourth-order valence-electron chi connectivity index (χ4n) is 2.26. The van der Waals surface area contributed by atoms with E-state index in [1.807, 2.05) is 45.3 Å². The predicted octanol–water partition coefficient (Wildman–Crippen LogP) is 2.88. The summed E-state index contributed by atoms with van der Waals surface area (Å²) in [7, 11) is 4.07. The van der Waals surface area contributed by atoms with Gasteiger partial charge in [0.1, 0.15) is 0 Å². The van der Waals surface area contributed by atoms with E-state index in [1.54, 1.807) is 0 Å². The minimum absolute atomic E-state index is 0.467. The molecule has 21 heavy (non-hydrogen) atoms. The molecule has 0 aliphatic heterocycles. The van der Waals surface area contributed by atoms with Crippen LogP contribution in [0.4, 0.5) is 5.69 Å². The number of nitrogens with one attached hydrogen (secondary N) is 1. The van der Waals surface area contributed by atoms with E-state index in [2.05, 4.69) is 34.5 Å². The second kappa shape index (κ2) is 7.25. The lowest BCUT2D eigenvalue weighted by Gasteiger charge is -2.14. The molecule has 2 rings (SSSR count). The van der Waals surface area contributed by atoms with Crippen LogP contribution < -0.4 is 10.2 Å². The van der Waals surface area contributed by atoms with Gasteiger partial charge in [-0.1, -0.05) is 42.0 Å². The first-order valence-corrected chi connectivity index (χ1v) is 7.28. The summed E-state index contributed by atoms with van der Waals surface area (Å²) in [6.45, 7) is 3.35. The van der Waals surface area contributed by atoms with Crippen molar-refractivity contribution >= 4 is 5.69 Å². The Labute approximate surface area is 127 Å². The number of rotatable bonds is 6. The molecule has 3 nitrogen and oxygen atoms in total. The second-order valence-electron chi connectivity index (χ2n) is 5.62. The molecular formula is C18H24N2O. The monoisotopic (exact) mass is 284 g/mol. The zero-order chi connectivity index (χ0) is 15.2. The van der Waals surface area contributed by atoms with Crippen LogP contribution in [0.5, 0.6) is 0 Å². The van der Waals surface area contributed by atoms with Crippen molar-refractivity contribution in [2.24, 2.45) is 0 Å². The molecule has 2 N–H and O–H groups in total. The van der Waals surface area contributed by atoms with E-state index >= 15 is 0 Å². The summed E-state index contributed by atoms with van der Waals surface area (Å²) in [5.74, 6) is 0. The normalized spacial score (nSPS) is 12.2. The van der Waals surface area contributed by atoms with Crippen LogP contribution in [0, 0.1) is 6.92 Å². The molecule has 1 atom stereocenters. The van der Waals surface area contributed by atoms with Crippen LogP contribution >= 0.6 is 0 Å². The molecule has 1 unspecified atom stereocenters. The van der Waals surface area contributed by atoms with E-state index < -0.39 is 6.10 Å². The number of hydrogen-bond acceptors (Lipinski definition) is 3. The van der Waals surface area contributed by atoms with Crippen LogP contribution in [0.25, 0.3) is 0 Å². The van der Waals surface area contributed by atoms with Crippen molar-refractivity contribution < 1.29 is 5.11 Å². The third-order valence-electron chi connectivity index (χ3n) is 3.55. The maximum Gasteiger partial charge on any atom is 0.0914 e. The van der Waals surface area contributed by atoms with Gasteiger partial charge in [0, 0.05) is 32.9 Å². The number of aliphatic hydroxyl groups excluding tert-OH is 1. The molecular weight excluding hydrogens is 260 g/mol. The Balaban J connectivity index is 1.83. The first-order valence-electron chi connectivity index (χ1n) is 7.28. The smallest absolute Gasteiger partial charge is 0.0914 e. The standard InChI is InChI=1S/C18H24N2O/c1-14-5-4-6-16(11-14)18(21)13-19-12-15-7-9-17(10-8-15)20(2)3/h4-11,18-19,21H,12-13H2,1-3H3. The zero-order valence-corrected chi connectivity index (χ0v) is 13.0. The molecule has 0 saturated carbocycles. The minimum atomic E-state index is -0.467. The quantitative estimate of drug-likeness (QED) is 0.856. The van der Waals surface area contributed by atoms with Gasteiger partial charge >= 0.3 is 0 Å². The average molecular weight is 284 g/mol. The zero-order valence-electron chi connectivity index (χ0n) is 13.0. The number of aliphatic hydroxyl groups is 1. The van der Waals surface area contributed by atoms with Crippen LogP contribution in [0.1, 0.15) is 22.8 Å². The van der Waals surface area contributed by atoms with E-state index in [1.165, 1.54) is 16.8 Å². The molecule has 0 amide bonds. The number of aryl methyl sites for hydroxylation is 1. The Kier molecular flexibility index (Phi) is 5.37. The van der Waals surface area contributed by atoms with E-state index in [9.17, 15) is 5.11 Å². The number of benzene rings is 2. The van der Waals surface area contributed by atoms with Crippen molar-refractivity contribution in [3.8, 4) is 0 Å². The fraction of sp³-hybridized carbons (Fsp3) is 0.333. The van der Waals surface area contributed by atoms with Gasteiger partial charge in [-0.25, -0.2) is 0 Å². The lowest BCUT2D eigenvalue weighted by atomic mass is 10.1. The topological polar surface area (TPSA) is 35.5 Å². The molecule has 0 aliphatic rings. The third-order valence-corrected chi connectivity index (χ3v) is 3.55. The summed E-state index contributed by atoms with van der Waals surface area (Å²) in [5, 5.41) is 13.5. The highest BCUT2D eigenvalue weighted by Crippen LogP contribution is 2.14. The Morgan fingerprint density at radius 3 is 2.43 bits per heavy atom. The molecule has 2 aromatic carbocycles. The number of nitrogens with zero attached hydrogens (tertiary/aromatic N) is 1. The van der Waals surface area contributed by atoms with Gasteiger partial charge in [-0.3, -0.25) is 0 Å². The van der Waals surface area contributed by atoms with Gasteiger partial charge in [0.05, 0.1) is 6.10 Å². The molecule has 0 bridgehead atoms. The third kappa shape index (κ3) is 4.59. The largest absolute Gasteiger partial charge is 0.387 e. The van der Waals surface area contributed by atoms with Gasteiger partial charge < -0.3 is 15.3 Å². The first-order chi connectivity index (χ1) is 10.1. The number of hydrogen-bond donors (Lipinski definition) is 2. The van der Waals surface area contributed by atoms with Crippen LogP contribution in [-0.4, -0.2) is 25.7 Å². The highest BCUT2D eigenvalue weighted by Gasteiger charge is 2.06. The van der Waals surface area contributed by atoms with E-state index in [0.717, 1.165) is 12.1 Å². The Morgan fingerprint density at radius 2 is 1.81 bits per heavy atom. The molecule has 0 radical (unpaired) electrons. The molecule has 0 spiro atoms. The summed E-state index contributed by atoms with van der Waals surface area (Å²) in [6.07, 6.45) is -0.467. The van der Waals surface area contributed by atoms with Crippen molar-refractivity contribution in [2.75, 3.05) is 25.5 Å². The number of anilines is 1. The molecule has 0 aliphatic carbocycles. The van der Waals surface area contributed by atoms with Crippen LogP contribution in [0.2, 0.25) is 0 Å². The van der Waals surface area contributed by atoms with Gasteiger partial charge in [0.15, 0.2) is 0 Å². The van der Waals surface area contributed by atoms with Crippen molar-refractivity contribution in [1.29, 1.82) is 0 Å². The predicted molar refractivity (Wildman–Crippen MR) is 88.6 cm³/mol. The molecule has 112 valence electrons. The van der Waals surface area contributed by atoms with Crippen molar-refractivity contribution in [3.63, 3.8) is 0 Å². The van der Waals surface area contributed by atoms with Gasteiger partial charge in [0.2, 0.25) is 0 Å². The fourth-order valence-corrected chi connectivity index (χ4v) is 2.26. The van der Waals surface area contributed by atoms with Crippen LogP contribution in [-0.2, 0) is 6.54 Å². The molecule has 0 aromatic heterocycles. The lowest BCUT2D eigenvalue weighted by Crippen LogP contribution is -2.21. The highest BCUT2D eigenvalue weighted by molar-refractivity contribution is 5.45. The molecule has 0 fully saturated rings. The van der Waals surface area contributed by atoms with Gasteiger partial charge in [-0.2, -0.15) is 0 Å². The van der Waals surface area contributed by atoms with E-state index in [0.29, 0.717) is 6.54 Å². The summed E-state index contributed by atoms with van der Waals surface area (Å²) in [6, 6.07) is 16.4. The second-order valence-corrected chi connectivity index (χ2v) is 5.62. The average Bonchev–Trinajstić information content (AvgIpc) is 2.47. The maximum atomic E-state index is 10.2. The molecule has 2 aromatic rings. The highest BCUT2D eigenvalue weighted by atomic mass is 16.3. The molecule has 0 heterocycles. The van der Waals surface area contributed by atoms with Gasteiger partial charge in [-0.05, 0) is 30.2 Å².